The van der Waals surface area contributed by atoms with Crippen molar-refractivity contribution in [2.24, 2.45) is 0 Å². The molecular weight excluding hydrogens is 434 g/mol. The van der Waals surface area contributed by atoms with E-state index >= 15 is 0 Å². The molecule has 1 fully saturated rings. The van der Waals surface area contributed by atoms with E-state index in [1.807, 2.05) is 96.8 Å². The van der Waals surface area contributed by atoms with Crippen LogP contribution in [0.1, 0.15) is 21.5 Å². The molecule has 0 unspecified atom stereocenters. The molecular formula is C30H29N3O2. The van der Waals surface area contributed by atoms with E-state index in [1.165, 1.54) is 5.56 Å². The molecule has 0 saturated carbocycles. The lowest BCUT2D eigenvalue weighted by atomic mass is 10.0. The molecule has 0 aromatic heterocycles. The Balaban J connectivity index is 1.17. The van der Waals surface area contributed by atoms with E-state index < -0.39 is 0 Å². The fraction of sp³-hybridized carbons (Fsp3) is 0.200. The molecule has 1 saturated heterocycles. The van der Waals surface area contributed by atoms with Crippen molar-refractivity contribution in [1.29, 1.82) is 0 Å². The maximum absolute atomic E-state index is 12.9. The van der Waals surface area contributed by atoms with Crippen molar-refractivity contribution in [1.82, 2.24) is 4.90 Å². The fourth-order valence-electron chi connectivity index (χ4n) is 4.70. The van der Waals surface area contributed by atoms with Crippen LogP contribution in [-0.4, -0.2) is 42.9 Å². The first-order chi connectivity index (χ1) is 17.1. The van der Waals surface area contributed by atoms with Crippen LogP contribution in [0.2, 0.25) is 0 Å². The van der Waals surface area contributed by atoms with E-state index in [0.29, 0.717) is 25.1 Å². The van der Waals surface area contributed by atoms with Gasteiger partial charge in [-0.2, -0.15) is 0 Å². The number of hydrogen-bond donors (Lipinski definition) is 1. The molecule has 5 rings (SSSR count). The third-order valence-corrected chi connectivity index (χ3v) is 6.59. The first-order valence-electron chi connectivity index (χ1n) is 12.0. The zero-order valence-electron chi connectivity index (χ0n) is 19.9. The summed E-state index contributed by atoms with van der Waals surface area (Å²) < 4.78 is 0. The van der Waals surface area contributed by atoms with E-state index in [2.05, 4.69) is 16.3 Å². The summed E-state index contributed by atoms with van der Waals surface area (Å²) in [6, 6.07) is 29.8. The van der Waals surface area contributed by atoms with Crippen LogP contribution in [0.15, 0.2) is 91.0 Å². The Hall–Kier alpha value is -4.12. The number of piperazine rings is 1. The van der Waals surface area contributed by atoms with E-state index in [9.17, 15) is 9.59 Å². The van der Waals surface area contributed by atoms with Gasteiger partial charge in [0.05, 0.1) is 6.42 Å². The summed E-state index contributed by atoms with van der Waals surface area (Å²) in [5.74, 6) is 0.0667. The van der Waals surface area contributed by atoms with Gasteiger partial charge in [-0.1, -0.05) is 66.2 Å². The standard InChI is InChI=1S/C30H29N3O2/c1-22-6-4-7-23(20-22)21-29(34)33-18-16-32(17-19-33)26-14-12-25(13-15-26)31-30(35)28-11-5-9-24-8-2-3-10-27(24)28/h2-15,20H,16-19,21H2,1H3,(H,31,35). The van der Waals surface area contributed by atoms with Crippen molar-refractivity contribution in [3.8, 4) is 0 Å². The van der Waals surface area contributed by atoms with Gasteiger partial charge in [-0.15, -0.1) is 0 Å². The Morgan fingerprint density at radius 1 is 0.800 bits per heavy atom. The molecule has 5 nitrogen and oxygen atoms in total. The molecule has 1 aliphatic rings. The van der Waals surface area contributed by atoms with Crippen LogP contribution in [0, 0.1) is 6.92 Å². The summed E-state index contributed by atoms with van der Waals surface area (Å²) in [5.41, 5.74) is 4.77. The van der Waals surface area contributed by atoms with Crippen LogP contribution < -0.4 is 10.2 Å². The average molecular weight is 464 g/mol. The first-order valence-corrected chi connectivity index (χ1v) is 12.0. The monoisotopic (exact) mass is 463 g/mol. The number of nitrogens with zero attached hydrogens (tertiary/aromatic N) is 2. The van der Waals surface area contributed by atoms with Crippen molar-refractivity contribution in [2.45, 2.75) is 13.3 Å². The number of nitrogens with one attached hydrogen (secondary N) is 1. The average Bonchev–Trinajstić information content (AvgIpc) is 2.89. The molecule has 0 radical (unpaired) electrons. The summed E-state index contributed by atoms with van der Waals surface area (Å²) in [5, 5.41) is 5.01. The van der Waals surface area contributed by atoms with Gasteiger partial charge in [0.1, 0.15) is 0 Å². The number of hydrogen-bond acceptors (Lipinski definition) is 3. The van der Waals surface area contributed by atoms with Crippen LogP contribution in [-0.2, 0) is 11.2 Å². The predicted octanol–water partition coefficient (Wildman–Crippen LogP) is 5.29. The molecule has 176 valence electrons. The zero-order valence-corrected chi connectivity index (χ0v) is 19.9. The number of carbonyl (C=O) groups is 2. The minimum Gasteiger partial charge on any atom is -0.368 e. The highest BCUT2D eigenvalue weighted by Crippen LogP contribution is 2.23. The Kier molecular flexibility index (Phi) is 6.49. The van der Waals surface area contributed by atoms with E-state index in [0.717, 1.165) is 40.8 Å². The van der Waals surface area contributed by atoms with Gasteiger partial charge < -0.3 is 15.1 Å². The Bertz CT molecular complexity index is 1350. The summed E-state index contributed by atoms with van der Waals surface area (Å²) in [7, 11) is 0. The number of fused-ring (bicyclic) bond motifs is 1. The second-order valence-corrected chi connectivity index (χ2v) is 9.06. The molecule has 4 aromatic carbocycles. The Morgan fingerprint density at radius 3 is 2.29 bits per heavy atom. The lowest BCUT2D eigenvalue weighted by Gasteiger charge is -2.36. The van der Waals surface area contributed by atoms with Crippen LogP contribution in [0.4, 0.5) is 11.4 Å². The fourth-order valence-corrected chi connectivity index (χ4v) is 4.70. The highest BCUT2D eigenvalue weighted by molar-refractivity contribution is 6.12. The Labute approximate surface area is 206 Å². The maximum Gasteiger partial charge on any atom is 0.256 e. The van der Waals surface area contributed by atoms with Crippen LogP contribution in [0.5, 0.6) is 0 Å². The molecule has 2 amide bonds. The molecule has 0 aliphatic carbocycles. The van der Waals surface area contributed by atoms with Crippen molar-refractivity contribution in [3.05, 3.63) is 108 Å². The van der Waals surface area contributed by atoms with E-state index in [-0.39, 0.29) is 11.8 Å². The number of rotatable bonds is 5. The maximum atomic E-state index is 12.9. The molecule has 35 heavy (non-hydrogen) atoms. The molecule has 1 N–H and O–H groups in total. The highest BCUT2D eigenvalue weighted by atomic mass is 16.2. The van der Waals surface area contributed by atoms with Crippen molar-refractivity contribution >= 4 is 34.0 Å². The number of benzene rings is 4. The third-order valence-electron chi connectivity index (χ3n) is 6.59. The Morgan fingerprint density at radius 2 is 1.51 bits per heavy atom. The number of amides is 2. The van der Waals surface area contributed by atoms with Crippen molar-refractivity contribution in [3.63, 3.8) is 0 Å². The number of carbonyl (C=O) groups excluding carboxylic acids is 2. The topological polar surface area (TPSA) is 52.7 Å². The molecule has 1 heterocycles. The van der Waals surface area contributed by atoms with Gasteiger partial charge in [-0.05, 0) is 53.6 Å². The minimum absolute atomic E-state index is 0.115. The minimum atomic E-state index is -0.115. The van der Waals surface area contributed by atoms with Crippen LogP contribution >= 0.6 is 0 Å². The van der Waals surface area contributed by atoms with Crippen molar-refractivity contribution in [2.75, 3.05) is 36.4 Å². The molecule has 1 aliphatic heterocycles. The predicted molar refractivity (Wildman–Crippen MR) is 142 cm³/mol. The van der Waals surface area contributed by atoms with E-state index in [4.69, 9.17) is 0 Å². The number of anilines is 2. The van der Waals surface area contributed by atoms with Crippen molar-refractivity contribution < 1.29 is 9.59 Å². The zero-order chi connectivity index (χ0) is 24.2. The normalized spacial score (nSPS) is 13.6. The van der Waals surface area contributed by atoms with E-state index in [1.54, 1.807) is 0 Å². The lowest BCUT2D eigenvalue weighted by Crippen LogP contribution is -2.49. The van der Waals surface area contributed by atoms with Gasteiger partial charge in [0, 0.05) is 43.1 Å². The molecule has 0 bridgehead atoms. The smallest absolute Gasteiger partial charge is 0.256 e. The summed E-state index contributed by atoms with van der Waals surface area (Å²) in [6.45, 7) is 5.06. The van der Waals surface area contributed by atoms with Crippen LogP contribution in [0.3, 0.4) is 0 Å². The van der Waals surface area contributed by atoms with Gasteiger partial charge in [0.15, 0.2) is 0 Å². The quantitative estimate of drug-likeness (QED) is 0.437. The highest BCUT2D eigenvalue weighted by Gasteiger charge is 2.21. The van der Waals surface area contributed by atoms with Crippen LogP contribution in [0.25, 0.3) is 10.8 Å². The van der Waals surface area contributed by atoms with Gasteiger partial charge >= 0.3 is 0 Å². The SMILES string of the molecule is Cc1cccc(CC(=O)N2CCN(c3ccc(NC(=O)c4cccc5ccccc45)cc3)CC2)c1. The summed E-state index contributed by atoms with van der Waals surface area (Å²) in [4.78, 5) is 29.9. The number of aryl methyl sites for hydroxylation is 1. The third kappa shape index (κ3) is 5.19. The molecule has 5 heteroatoms. The second kappa shape index (κ2) is 10.0. The first kappa shape index (κ1) is 22.7. The second-order valence-electron chi connectivity index (χ2n) is 9.06. The summed E-state index contributed by atoms with van der Waals surface area (Å²) >= 11 is 0. The van der Waals surface area contributed by atoms with Gasteiger partial charge in [0.25, 0.3) is 5.91 Å². The summed E-state index contributed by atoms with van der Waals surface area (Å²) in [6.07, 6.45) is 0.451. The lowest BCUT2D eigenvalue weighted by molar-refractivity contribution is -0.130. The van der Waals surface area contributed by atoms with Gasteiger partial charge in [0.2, 0.25) is 5.91 Å². The largest absolute Gasteiger partial charge is 0.368 e. The van der Waals surface area contributed by atoms with Gasteiger partial charge in [-0.3, -0.25) is 9.59 Å². The molecule has 0 spiro atoms. The molecule has 4 aromatic rings. The van der Waals surface area contributed by atoms with Gasteiger partial charge in [-0.25, -0.2) is 0 Å². The molecule has 0 atom stereocenters.